The molecule has 1 fully saturated rings. The molecule has 4 nitrogen and oxygen atoms in total. The van der Waals surface area contributed by atoms with Gasteiger partial charge in [0, 0.05) is 36.6 Å². The summed E-state index contributed by atoms with van der Waals surface area (Å²) in [4.78, 5) is 19.2. The van der Waals surface area contributed by atoms with E-state index in [9.17, 15) is 4.79 Å². The molecule has 2 aromatic heterocycles. The number of aryl methyl sites for hydroxylation is 1. The summed E-state index contributed by atoms with van der Waals surface area (Å²) >= 11 is 1.75. The number of pyridine rings is 1. The summed E-state index contributed by atoms with van der Waals surface area (Å²) < 4.78 is 2.06. The number of nitrogens with zero attached hydrogens (tertiary/aromatic N) is 3. The lowest BCUT2D eigenvalue weighted by molar-refractivity contribution is -0.132. The first kappa shape index (κ1) is 18.1. The summed E-state index contributed by atoms with van der Waals surface area (Å²) in [6.07, 6.45) is 7.36. The zero-order valence-electron chi connectivity index (χ0n) is 15.7. The Hall–Kier alpha value is -2.27. The van der Waals surface area contributed by atoms with Gasteiger partial charge in [-0.25, -0.2) is 4.98 Å². The predicted octanol–water partition coefficient (Wildman–Crippen LogP) is 4.65. The van der Waals surface area contributed by atoms with E-state index in [0.29, 0.717) is 6.54 Å². The molecule has 1 aliphatic rings. The van der Waals surface area contributed by atoms with Gasteiger partial charge in [0.25, 0.3) is 0 Å². The van der Waals surface area contributed by atoms with Crippen molar-refractivity contribution in [1.29, 1.82) is 0 Å². The molecule has 1 aromatic carbocycles. The fourth-order valence-corrected chi connectivity index (χ4v) is 4.53. The summed E-state index contributed by atoms with van der Waals surface area (Å²) in [5, 5.41) is 2.15. The highest BCUT2D eigenvalue weighted by Gasteiger charge is 2.17. The van der Waals surface area contributed by atoms with Gasteiger partial charge in [-0.1, -0.05) is 29.8 Å². The van der Waals surface area contributed by atoms with Gasteiger partial charge in [-0.05, 0) is 43.9 Å². The van der Waals surface area contributed by atoms with Crippen LogP contribution in [0.3, 0.4) is 0 Å². The van der Waals surface area contributed by atoms with Crippen molar-refractivity contribution in [2.45, 2.75) is 43.5 Å². The Morgan fingerprint density at radius 1 is 1.07 bits per heavy atom. The minimum Gasteiger partial charge on any atom is -0.341 e. The van der Waals surface area contributed by atoms with Crippen molar-refractivity contribution in [2.75, 3.05) is 13.1 Å². The Bertz CT molecular complexity index is 926. The van der Waals surface area contributed by atoms with E-state index in [4.69, 9.17) is 0 Å². The number of aromatic nitrogens is 2. The van der Waals surface area contributed by atoms with Crippen LogP contribution in [0.2, 0.25) is 0 Å². The third-order valence-electron chi connectivity index (χ3n) is 5.17. The van der Waals surface area contributed by atoms with Crippen LogP contribution in [-0.4, -0.2) is 33.4 Å². The highest BCUT2D eigenvalue weighted by atomic mass is 32.2. The smallest absolute Gasteiger partial charge is 0.242 e. The second-order valence-electron chi connectivity index (χ2n) is 7.21. The minimum atomic E-state index is 0.220. The molecular formula is C22H25N3OS. The molecule has 27 heavy (non-hydrogen) atoms. The van der Waals surface area contributed by atoms with Crippen molar-refractivity contribution in [3.63, 3.8) is 0 Å². The third-order valence-corrected chi connectivity index (χ3v) is 6.25. The standard InChI is InChI=1S/C22H25N3OS/c1-17-5-7-18(8-6-17)16-27-22-19-10-14-25(20(19)9-11-23-22)15-21(26)24-12-3-2-4-13-24/h5-11,14H,2-4,12-13,15-16H2,1H3. The van der Waals surface area contributed by atoms with Gasteiger partial charge >= 0.3 is 0 Å². The van der Waals surface area contributed by atoms with E-state index in [-0.39, 0.29) is 5.91 Å². The Balaban J connectivity index is 1.49. The zero-order valence-corrected chi connectivity index (χ0v) is 16.5. The molecule has 0 spiro atoms. The molecule has 3 aromatic rings. The Labute approximate surface area is 164 Å². The molecule has 0 bridgehead atoms. The van der Waals surface area contributed by atoms with Crippen molar-refractivity contribution in [2.24, 2.45) is 0 Å². The maximum Gasteiger partial charge on any atom is 0.242 e. The van der Waals surface area contributed by atoms with Crippen LogP contribution < -0.4 is 0 Å². The molecule has 0 aliphatic carbocycles. The van der Waals surface area contributed by atoms with Crippen LogP contribution in [0.1, 0.15) is 30.4 Å². The number of fused-ring (bicyclic) bond motifs is 1. The molecule has 3 heterocycles. The van der Waals surface area contributed by atoms with Crippen LogP contribution in [0.25, 0.3) is 10.9 Å². The molecule has 0 radical (unpaired) electrons. The van der Waals surface area contributed by atoms with Crippen molar-refractivity contribution in [3.05, 3.63) is 59.9 Å². The molecule has 1 aliphatic heterocycles. The summed E-state index contributed by atoms with van der Waals surface area (Å²) in [6, 6.07) is 12.7. The molecular weight excluding hydrogens is 354 g/mol. The average molecular weight is 380 g/mol. The Kier molecular flexibility index (Phi) is 5.48. The number of hydrogen-bond acceptors (Lipinski definition) is 3. The van der Waals surface area contributed by atoms with E-state index in [2.05, 4.69) is 46.8 Å². The van der Waals surface area contributed by atoms with Gasteiger partial charge < -0.3 is 9.47 Å². The molecule has 0 saturated carbocycles. The van der Waals surface area contributed by atoms with Crippen LogP contribution >= 0.6 is 11.8 Å². The van der Waals surface area contributed by atoms with Gasteiger partial charge in [-0.15, -0.1) is 11.8 Å². The fourth-order valence-electron chi connectivity index (χ4n) is 3.57. The van der Waals surface area contributed by atoms with E-state index >= 15 is 0 Å². The maximum atomic E-state index is 12.6. The van der Waals surface area contributed by atoms with E-state index in [1.54, 1.807) is 11.8 Å². The number of piperidine rings is 1. The first-order valence-corrected chi connectivity index (χ1v) is 10.6. The van der Waals surface area contributed by atoms with Gasteiger partial charge in [0.2, 0.25) is 5.91 Å². The first-order valence-electron chi connectivity index (χ1n) is 9.61. The minimum absolute atomic E-state index is 0.220. The monoisotopic (exact) mass is 379 g/mol. The van der Waals surface area contributed by atoms with Crippen LogP contribution in [-0.2, 0) is 17.1 Å². The number of hydrogen-bond donors (Lipinski definition) is 0. The van der Waals surface area contributed by atoms with Crippen molar-refractivity contribution in [1.82, 2.24) is 14.5 Å². The average Bonchev–Trinajstić information content (AvgIpc) is 3.12. The number of amides is 1. The number of carbonyl (C=O) groups is 1. The summed E-state index contributed by atoms with van der Waals surface area (Å²) in [5.41, 5.74) is 3.66. The lowest BCUT2D eigenvalue weighted by Gasteiger charge is -2.27. The highest BCUT2D eigenvalue weighted by molar-refractivity contribution is 7.98. The van der Waals surface area contributed by atoms with E-state index in [1.165, 1.54) is 17.5 Å². The second kappa shape index (κ2) is 8.17. The van der Waals surface area contributed by atoms with Gasteiger partial charge in [0.05, 0.1) is 5.52 Å². The Morgan fingerprint density at radius 3 is 2.63 bits per heavy atom. The van der Waals surface area contributed by atoms with E-state index < -0.39 is 0 Å². The summed E-state index contributed by atoms with van der Waals surface area (Å²) in [6.45, 7) is 4.32. The van der Waals surface area contributed by atoms with Gasteiger partial charge in [-0.2, -0.15) is 0 Å². The van der Waals surface area contributed by atoms with Gasteiger partial charge in [0.15, 0.2) is 0 Å². The predicted molar refractivity (Wildman–Crippen MR) is 111 cm³/mol. The molecule has 0 atom stereocenters. The molecule has 1 amide bonds. The van der Waals surface area contributed by atoms with Crippen LogP contribution in [0.5, 0.6) is 0 Å². The quantitative estimate of drug-likeness (QED) is 0.606. The number of benzene rings is 1. The van der Waals surface area contributed by atoms with Crippen LogP contribution in [0.4, 0.5) is 0 Å². The lowest BCUT2D eigenvalue weighted by atomic mass is 10.1. The molecule has 140 valence electrons. The number of rotatable bonds is 5. The summed E-state index contributed by atoms with van der Waals surface area (Å²) in [7, 11) is 0. The first-order chi connectivity index (χ1) is 13.2. The van der Waals surface area contributed by atoms with Crippen molar-refractivity contribution in [3.8, 4) is 0 Å². The van der Waals surface area contributed by atoms with Gasteiger partial charge in [-0.3, -0.25) is 4.79 Å². The van der Waals surface area contributed by atoms with Crippen LogP contribution in [0.15, 0.2) is 53.8 Å². The number of thioether (sulfide) groups is 1. The third kappa shape index (κ3) is 4.19. The highest BCUT2D eigenvalue weighted by Crippen LogP contribution is 2.29. The second-order valence-corrected chi connectivity index (χ2v) is 8.17. The molecule has 5 heteroatoms. The lowest BCUT2D eigenvalue weighted by Crippen LogP contribution is -2.37. The SMILES string of the molecule is Cc1ccc(CSc2nccc3c2ccn3CC(=O)N2CCCCC2)cc1. The maximum absolute atomic E-state index is 12.6. The van der Waals surface area contributed by atoms with Crippen molar-refractivity contribution >= 4 is 28.6 Å². The van der Waals surface area contributed by atoms with E-state index in [1.807, 2.05) is 23.4 Å². The molecule has 4 rings (SSSR count). The zero-order chi connectivity index (χ0) is 18.6. The van der Waals surface area contributed by atoms with Gasteiger partial charge in [0.1, 0.15) is 11.6 Å². The van der Waals surface area contributed by atoms with Crippen LogP contribution in [0, 0.1) is 6.92 Å². The Morgan fingerprint density at radius 2 is 1.85 bits per heavy atom. The topological polar surface area (TPSA) is 38.1 Å². The fraction of sp³-hybridized carbons (Fsp3) is 0.364. The molecule has 1 saturated heterocycles. The molecule has 0 N–H and O–H groups in total. The number of likely N-dealkylation sites (tertiary alicyclic amines) is 1. The normalized spacial score (nSPS) is 14.6. The molecule has 0 unspecified atom stereocenters. The van der Waals surface area contributed by atoms with E-state index in [0.717, 1.165) is 47.6 Å². The number of carbonyl (C=O) groups excluding carboxylic acids is 1. The van der Waals surface area contributed by atoms with Crippen molar-refractivity contribution < 1.29 is 4.79 Å². The largest absolute Gasteiger partial charge is 0.341 e. The summed E-state index contributed by atoms with van der Waals surface area (Å²) in [5.74, 6) is 1.11.